The normalized spacial score (nSPS) is 25.2. The second-order valence-corrected chi connectivity index (χ2v) is 6.82. The van der Waals surface area contributed by atoms with Gasteiger partial charge in [0, 0.05) is 37.4 Å². The molecule has 0 aromatic heterocycles. The van der Waals surface area contributed by atoms with Gasteiger partial charge in [-0.25, -0.2) is 0 Å². The first-order valence-corrected chi connectivity index (χ1v) is 7.39. The first-order valence-electron chi connectivity index (χ1n) is 7.39. The second kappa shape index (κ2) is 6.57. The topological polar surface area (TPSA) is 69.6 Å². The van der Waals surface area contributed by atoms with E-state index in [4.69, 9.17) is 0 Å². The van der Waals surface area contributed by atoms with Crippen LogP contribution < -0.4 is 5.32 Å². The van der Waals surface area contributed by atoms with Gasteiger partial charge in [-0.15, -0.1) is 0 Å². The quantitative estimate of drug-likeness (QED) is 0.817. The second-order valence-electron chi connectivity index (χ2n) is 6.82. The highest BCUT2D eigenvalue weighted by atomic mass is 16.3. The first kappa shape index (κ1) is 17.0. The van der Waals surface area contributed by atoms with Crippen molar-refractivity contribution in [3.63, 3.8) is 0 Å². The molecule has 1 aliphatic rings. The maximum absolute atomic E-state index is 12.1. The molecule has 0 saturated carbocycles. The summed E-state index contributed by atoms with van der Waals surface area (Å²) in [6.07, 6.45) is 0.961. The zero-order valence-electron chi connectivity index (χ0n) is 13.3. The largest absolute Gasteiger partial charge is 0.393 e. The van der Waals surface area contributed by atoms with E-state index >= 15 is 0 Å². The summed E-state index contributed by atoms with van der Waals surface area (Å²) >= 11 is 0. The molecule has 116 valence electrons. The number of likely N-dealkylation sites (tertiary alicyclic amines) is 1. The fourth-order valence-corrected chi connectivity index (χ4v) is 2.51. The molecule has 1 heterocycles. The highest BCUT2D eigenvalue weighted by Crippen LogP contribution is 2.23. The third-order valence-corrected chi connectivity index (χ3v) is 3.91. The number of carbonyl (C=O) groups excluding carboxylic acids is 2. The number of amides is 2. The van der Waals surface area contributed by atoms with Crippen molar-refractivity contribution in [1.82, 2.24) is 10.2 Å². The van der Waals surface area contributed by atoms with Gasteiger partial charge in [-0.3, -0.25) is 9.59 Å². The molecule has 1 aliphatic heterocycles. The van der Waals surface area contributed by atoms with Gasteiger partial charge in [0.25, 0.3) is 0 Å². The number of rotatable bonds is 3. The lowest BCUT2D eigenvalue weighted by atomic mass is 9.87. The van der Waals surface area contributed by atoms with Crippen LogP contribution in [-0.2, 0) is 9.59 Å². The average molecular weight is 284 g/mol. The van der Waals surface area contributed by atoms with E-state index in [-0.39, 0.29) is 23.8 Å². The van der Waals surface area contributed by atoms with Gasteiger partial charge in [0.05, 0.1) is 6.10 Å². The minimum absolute atomic E-state index is 0.00647. The van der Waals surface area contributed by atoms with Crippen LogP contribution in [0.25, 0.3) is 0 Å². The number of aliphatic hydroxyl groups is 1. The van der Waals surface area contributed by atoms with Crippen molar-refractivity contribution >= 4 is 11.8 Å². The van der Waals surface area contributed by atoms with Gasteiger partial charge >= 0.3 is 0 Å². The summed E-state index contributed by atoms with van der Waals surface area (Å²) in [5.41, 5.74) is -0.447. The van der Waals surface area contributed by atoms with Crippen LogP contribution in [0.15, 0.2) is 0 Å². The first-order chi connectivity index (χ1) is 9.15. The highest BCUT2D eigenvalue weighted by molar-refractivity contribution is 5.81. The molecular weight excluding hydrogens is 256 g/mol. The lowest BCUT2D eigenvalue weighted by Gasteiger charge is -2.40. The van der Waals surface area contributed by atoms with E-state index in [0.717, 1.165) is 6.42 Å². The number of nitrogens with one attached hydrogen (secondary N) is 1. The van der Waals surface area contributed by atoms with Gasteiger partial charge in [-0.1, -0.05) is 27.7 Å². The number of nitrogens with zero attached hydrogens (tertiary/aromatic N) is 1. The Bertz CT molecular complexity index is 363. The number of aliphatic hydroxyl groups excluding tert-OH is 1. The van der Waals surface area contributed by atoms with Gasteiger partial charge in [0.15, 0.2) is 0 Å². The molecule has 5 nitrogen and oxygen atoms in total. The SMILES string of the molecule is CCC(O)C1CC(NC(=O)C(C)(C)C)CN(C(C)=O)C1. The molecule has 0 aromatic rings. The molecule has 2 amide bonds. The van der Waals surface area contributed by atoms with Gasteiger partial charge in [-0.05, 0) is 12.8 Å². The predicted molar refractivity (Wildman–Crippen MR) is 78.0 cm³/mol. The summed E-state index contributed by atoms with van der Waals surface area (Å²) in [6, 6.07) is -0.0782. The Balaban J connectivity index is 2.75. The van der Waals surface area contributed by atoms with Crippen molar-refractivity contribution < 1.29 is 14.7 Å². The van der Waals surface area contributed by atoms with Crippen molar-refractivity contribution in [1.29, 1.82) is 0 Å². The molecule has 0 spiro atoms. The number of carbonyl (C=O) groups is 2. The molecule has 0 bridgehead atoms. The Morgan fingerprint density at radius 2 is 1.95 bits per heavy atom. The Kier molecular flexibility index (Phi) is 5.57. The monoisotopic (exact) mass is 284 g/mol. The van der Waals surface area contributed by atoms with Crippen molar-refractivity contribution in [3.05, 3.63) is 0 Å². The minimum Gasteiger partial charge on any atom is -0.393 e. The molecule has 1 rings (SSSR count). The lowest BCUT2D eigenvalue weighted by Crippen LogP contribution is -2.55. The van der Waals surface area contributed by atoms with Crippen molar-refractivity contribution in [2.24, 2.45) is 11.3 Å². The summed E-state index contributed by atoms with van der Waals surface area (Å²) in [4.78, 5) is 25.4. The third kappa shape index (κ3) is 4.47. The summed E-state index contributed by atoms with van der Waals surface area (Å²) in [7, 11) is 0. The standard InChI is InChI=1S/C15H28N2O3/c1-6-13(19)11-7-12(9-17(8-11)10(2)18)16-14(20)15(3,4)5/h11-13,19H,6-9H2,1-5H3,(H,16,20). The molecule has 0 aromatic carbocycles. The van der Waals surface area contributed by atoms with Crippen LogP contribution in [0.4, 0.5) is 0 Å². The Hall–Kier alpha value is -1.10. The Morgan fingerprint density at radius 1 is 1.35 bits per heavy atom. The summed E-state index contributed by atoms with van der Waals surface area (Å²) in [6.45, 7) is 10.2. The van der Waals surface area contributed by atoms with Crippen LogP contribution in [0.3, 0.4) is 0 Å². The Labute approximate surface area is 121 Å². The van der Waals surface area contributed by atoms with Gasteiger partial charge in [0.1, 0.15) is 0 Å². The maximum atomic E-state index is 12.1. The zero-order valence-corrected chi connectivity index (χ0v) is 13.3. The van der Waals surface area contributed by atoms with Gasteiger partial charge in [-0.2, -0.15) is 0 Å². The van der Waals surface area contributed by atoms with Crippen LogP contribution >= 0.6 is 0 Å². The zero-order chi connectivity index (χ0) is 15.5. The average Bonchev–Trinajstić information content (AvgIpc) is 2.36. The molecule has 1 saturated heterocycles. The predicted octanol–water partition coefficient (Wildman–Crippen LogP) is 1.16. The fraction of sp³-hybridized carbons (Fsp3) is 0.867. The van der Waals surface area contributed by atoms with E-state index in [1.807, 2.05) is 27.7 Å². The van der Waals surface area contributed by atoms with E-state index in [0.29, 0.717) is 19.5 Å². The molecule has 3 atom stereocenters. The highest BCUT2D eigenvalue weighted by Gasteiger charge is 2.34. The molecule has 20 heavy (non-hydrogen) atoms. The van der Waals surface area contributed by atoms with Crippen molar-refractivity contribution in [2.45, 2.75) is 59.6 Å². The van der Waals surface area contributed by atoms with Gasteiger partial charge in [0.2, 0.25) is 11.8 Å². The van der Waals surface area contributed by atoms with Crippen molar-refractivity contribution in [2.75, 3.05) is 13.1 Å². The molecular formula is C15H28N2O3. The Morgan fingerprint density at radius 3 is 2.40 bits per heavy atom. The van der Waals surface area contributed by atoms with Crippen LogP contribution in [0.1, 0.15) is 47.5 Å². The summed E-state index contributed by atoms with van der Waals surface area (Å²) in [5.74, 6) is 0.00793. The van der Waals surface area contributed by atoms with Gasteiger partial charge < -0.3 is 15.3 Å². The molecule has 5 heteroatoms. The molecule has 3 unspecified atom stereocenters. The fourth-order valence-electron chi connectivity index (χ4n) is 2.51. The summed E-state index contributed by atoms with van der Waals surface area (Å²) in [5, 5.41) is 13.1. The van der Waals surface area contributed by atoms with Crippen LogP contribution in [0.5, 0.6) is 0 Å². The number of piperidine rings is 1. The van der Waals surface area contributed by atoms with E-state index in [1.165, 1.54) is 6.92 Å². The number of hydrogen-bond donors (Lipinski definition) is 2. The third-order valence-electron chi connectivity index (χ3n) is 3.91. The van der Waals surface area contributed by atoms with Crippen LogP contribution in [0.2, 0.25) is 0 Å². The van der Waals surface area contributed by atoms with Crippen molar-refractivity contribution in [3.8, 4) is 0 Å². The van der Waals surface area contributed by atoms with Crippen LogP contribution in [0, 0.1) is 11.3 Å². The minimum atomic E-state index is -0.447. The van der Waals surface area contributed by atoms with E-state index < -0.39 is 11.5 Å². The number of hydrogen-bond acceptors (Lipinski definition) is 3. The smallest absolute Gasteiger partial charge is 0.225 e. The maximum Gasteiger partial charge on any atom is 0.225 e. The van der Waals surface area contributed by atoms with Crippen LogP contribution in [-0.4, -0.2) is 47.1 Å². The van der Waals surface area contributed by atoms with E-state index in [1.54, 1.807) is 4.90 Å². The molecule has 0 aliphatic carbocycles. The van der Waals surface area contributed by atoms with E-state index in [9.17, 15) is 14.7 Å². The summed E-state index contributed by atoms with van der Waals surface area (Å²) < 4.78 is 0. The molecule has 2 N–H and O–H groups in total. The van der Waals surface area contributed by atoms with E-state index in [2.05, 4.69) is 5.32 Å². The lowest BCUT2D eigenvalue weighted by molar-refractivity contribution is -0.135. The molecule has 0 radical (unpaired) electrons. The molecule has 1 fully saturated rings.